The predicted molar refractivity (Wildman–Crippen MR) is 72.5 cm³/mol. The van der Waals surface area contributed by atoms with Gasteiger partial charge in [-0.2, -0.15) is 5.26 Å². The minimum Gasteiger partial charge on any atom is -0.377 e. The first kappa shape index (κ1) is 12.3. The summed E-state index contributed by atoms with van der Waals surface area (Å²) in [7, 11) is 0. The van der Waals surface area contributed by atoms with Gasteiger partial charge in [0.1, 0.15) is 6.07 Å². The fraction of sp³-hybridized carbons (Fsp3) is 0.462. The van der Waals surface area contributed by atoms with Gasteiger partial charge < -0.3 is 10.6 Å². The Morgan fingerprint density at radius 3 is 2.94 bits per heavy atom. The second-order valence-corrected chi connectivity index (χ2v) is 5.46. The summed E-state index contributed by atoms with van der Waals surface area (Å²) in [5, 5.41) is 16.1. The van der Waals surface area contributed by atoms with Crippen LogP contribution in [-0.2, 0) is 0 Å². The molecule has 17 heavy (non-hydrogen) atoms. The van der Waals surface area contributed by atoms with Crippen molar-refractivity contribution in [3.63, 3.8) is 0 Å². The summed E-state index contributed by atoms with van der Waals surface area (Å²) in [6, 6.07) is 8.28. The first-order valence-electron chi connectivity index (χ1n) is 5.74. The number of nitrogens with one attached hydrogen (secondary N) is 2. The number of benzene rings is 1. The fourth-order valence-corrected chi connectivity index (χ4v) is 2.74. The maximum absolute atomic E-state index is 9.27. The zero-order valence-corrected chi connectivity index (χ0v) is 11.0. The molecule has 2 N–H and O–H groups in total. The monoisotopic (exact) mass is 247 g/mol. The average Bonchev–Trinajstić information content (AvgIpc) is 2.75. The molecule has 3 nitrogen and oxygen atoms in total. The third-order valence-corrected chi connectivity index (χ3v) is 3.94. The van der Waals surface area contributed by atoms with Crippen molar-refractivity contribution in [3.05, 3.63) is 23.8 Å². The fourth-order valence-electron chi connectivity index (χ4n) is 2.17. The van der Waals surface area contributed by atoms with Gasteiger partial charge in [0.2, 0.25) is 0 Å². The van der Waals surface area contributed by atoms with Gasteiger partial charge in [0.25, 0.3) is 0 Å². The van der Waals surface area contributed by atoms with Gasteiger partial charge in [0, 0.05) is 17.0 Å². The minimum atomic E-state index is 0.0582. The third kappa shape index (κ3) is 2.56. The van der Waals surface area contributed by atoms with Crippen LogP contribution in [0, 0.1) is 11.3 Å². The Morgan fingerprint density at radius 1 is 1.53 bits per heavy atom. The summed E-state index contributed by atoms with van der Waals surface area (Å²) >= 11 is 1.61. The Kier molecular flexibility index (Phi) is 3.60. The molecule has 0 aromatic heterocycles. The summed E-state index contributed by atoms with van der Waals surface area (Å²) < 4.78 is 0. The highest BCUT2D eigenvalue weighted by Gasteiger charge is 2.28. The summed E-state index contributed by atoms with van der Waals surface area (Å²) in [6.07, 6.45) is 3.08. The van der Waals surface area contributed by atoms with E-state index in [1.165, 1.54) is 0 Å². The van der Waals surface area contributed by atoms with Gasteiger partial charge in [-0.1, -0.05) is 6.07 Å². The molecule has 1 aromatic rings. The van der Waals surface area contributed by atoms with Gasteiger partial charge >= 0.3 is 0 Å². The first-order chi connectivity index (χ1) is 8.18. The Morgan fingerprint density at radius 2 is 2.35 bits per heavy atom. The zero-order valence-electron chi connectivity index (χ0n) is 10.2. The van der Waals surface area contributed by atoms with Crippen molar-refractivity contribution in [2.75, 3.05) is 24.7 Å². The zero-order chi connectivity index (χ0) is 12.3. The smallest absolute Gasteiger partial charge is 0.102 e. The van der Waals surface area contributed by atoms with Gasteiger partial charge in [0.15, 0.2) is 0 Å². The molecule has 0 saturated carbocycles. The summed E-state index contributed by atoms with van der Waals surface area (Å²) in [4.78, 5) is 1.03. The molecule has 2 rings (SSSR count). The van der Waals surface area contributed by atoms with Crippen molar-refractivity contribution >= 4 is 17.4 Å². The normalized spacial score (nSPS) is 23.4. The van der Waals surface area contributed by atoms with Gasteiger partial charge in [0.05, 0.1) is 11.3 Å². The van der Waals surface area contributed by atoms with Crippen LogP contribution in [0.25, 0.3) is 0 Å². The molecule has 0 aliphatic carbocycles. The SMILES string of the molecule is CSc1cccc(NC2(C)CCNC2)c1C#N. The molecule has 1 fully saturated rings. The second-order valence-electron chi connectivity index (χ2n) is 4.61. The Balaban J connectivity index is 2.29. The molecule has 4 heteroatoms. The molecular weight excluding hydrogens is 230 g/mol. The molecule has 1 aliphatic heterocycles. The van der Waals surface area contributed by atoms with E-state index >= 15 is 0 Å². The lowest BCUT2D eigenvalue weighted by Gasteiger charge is -2.26. The quantitative estimate of drug-likeness (QED) is 0.805. The molecule has 1 aromatic carbocycles. The van der Waals surface area contributed by atoms with Crippen molar-refractivity contribution in [2.45, 2.75) is 23.8 Å². The van der Waals surface area contributed by atoms with Crippen molar-refractivity contribution in [2.24, 2.45) is 0 Å². The minimum absolute atomic E-state index is 0.0582. The lowest BCUT2D eigenvalue weighted by atomic mass is 10.0. The molecule has 0 spiro atoms. The van der Waals surface area contributed by atoms with Crippen molar-refractivity contribution in [1.82, 2.24) is 5.32 Å². The van der Waals surface area contributed by atoms with Crippen LogP contribution in [0.2, 0.25) is 0 Å². The summed E-state index contributed by atoms with van der Waals surface area (Å²) in [6.45, 7) is 4.18. The van der Waals surface area contributed by atoms with Crippen LogP contribution in [0.1, 0.15) is 18.9 Å². The number of thioether (sulfide) groups is 1. The molecule has 0 amide bonds. The summed E-state index contributed by atoms with van der Waals surface area (Å²) in [5.74, 6) is 0. The van der Waals surface area contributed by atoms with Crippen molar-refractivity contribution in [1.29, 1.82) is 5.26 Å². The third-order valence-electron chi connectivity index (χ3n) is 3.16. The second kappa shape index (κ2) is 4.99. The molecule has 0 radical (unpaired) electrons. The Hall–Kier alpha value is -1.18. The van der Waals surface area contributed by atoms with Gasteiger partial charge in [-0.25, -0.2) is 0 Å². The largest absolute Gasteiger partial charge is 0.377 e. The molecule has 1 heterocycles. The number of anilines is 1. The molecule has 0 bridgehead atoms. The van der Waals surface area contributed by atoms with E-state index in [-0.39, 0.29) is 5.54 Å². The van der Waals surface area contributed by atoms with Gasteiger partial charge in [-0.15, -0.1) is 11.8 Å². The molecule has 1 atom stereocenters. The van der Waals surface area contributed by atoms with E-state index in [2.05, 4.69) is 23.6 Å². The molecular formula is C13H17N3S. The highest BCUT2D eigenvalue weighted by Crippen LogP contribution is 2.29. The Bertz CT molecular complexity index is 444. The first-order valence-corrected chi connectivity index (χ1v) is 6.97. The number of nitriles is 1. The molecule has 1 unspecified atom stereocenters. The van der Waals surface area contributed by atoms with Crippen LogP contribution in [0.15, 0.2) is 23.1 Å². The standard InChI is InChI=1S/C13H17N3S/c1-13(6-7-15-9-13)16-11-4-3-5-12(17-2)10(11)8-14/h3-5,15-16H,6-7,9H2,1-2H3. The number of hydrogen-bond donors (Lipinski definition) is 2. The highest BCUT2D eigenvalue weighted by atomic mass is 32.2. The highest BCUT2D eigenvalue weighted by molar-refractivity contribution is 7.98. The van der Waals surface area contributed by atoms with Crippen LogP contribution in [0.5, 0.6) is 0 Å². The van der Waals surface area contributed by atoms with Crippen LogP contribution in [-0.4, -0.2) is 24.9 Å². The summed E-state index contributed by atoms with van der Waals surface area (Å²) in [5.41, 5.74) is 1.77. The van der Waals surface area contributed by atoms with Crippen LogP contribution < -0.4 is 10.6 Å². The van der Waals surface area contributed by atoms with Crippen molar-refractivity contribution < 1.29 is 0 Å². The maximum Gasteiger partial charge on any atom is 0.102 e. The van der Waals surface area contributed by atoms with E-state index in [4.69, 9.17) is 0 Å². The molecule has 90 valence electrons. The lowest BCUT2D eigenvalue weighted by molar-refractivity contribution is 0.566. The number of hydrogen-bond acceptors (Lipinski definition) is 4. The van der Waals surface area contributed by atoms with Gasteiger partial charge in [-0.3, -0.25) is 0 Å². The van der Waals surface area contributed by atoms with E-state index in [9.17, 15) is 5.26 Å². The van der Waals surface area contributed by atoms with Gasteiger partial charge in [-0.05, 0) is 38.3 Å². The van der Waals surface area contributed by atoms with E-state index < -0.39 is 0 Å². The van der Waals surface area contributed by atoms with Crippen LogP contribution in [0.3, 0.4) is 0 Å². The number of nitrogens with zero attached hydrogens (tertiary/aromatic N) is 1. The number of rotatable bonds is 3. The predicted octanol–water partition coefficient (Wildman–Crippen LogP) is 2.44. The van der Waals surface area contributed by atoms with E-state index in [1.54, 1.807) is 11.8 Å². The average molecular weight is 247 g/mol. The molecule has 1 saturated heterocycles. The van der Waals surface area contributed by atoms with Crippen LogP contribution in [0.4, 0.5) is 5.69 Å². The van der Waals surface area contributed by atoms with Crippen molar-refractivity contribution in [3.8, 4) is 6.07 Å². The maximum atomic E-state index is 9.27. The van der Waals surface area contributed by atoms with E-state index in [1.807, 2.05) is 24.5 Å². The van der Waals surface area contributed by atoms with E-state index in [0.29, 0.717) is 0 Å². The lowest BCUT2D eigenvalue weighted by Crippen LogP contribution is -2.37. The topological polar surface area (TPSA) is 47.8 Å². The Labute approximate surface area is 107 Å². The van der Waals surface area contributed by atoms with E-state index in [0.717, 1.165) is 35.7 Å². The molecule has 1 aliphatic rings. The van der Waals surface area contributed by atoms with Crippen LogP contribution >= 0.6 is 11.8 Å².